The molecule has 8 heteroatoms. The number of rotatable bonds is 6. The Labute approximate surface area is 156 Å². The van der Waals surface area contributed by atoms with Crippen LogP contribution in [0.3, 0.4) is 0 Å². The van der Waals surface area contributed by atoms with Gasteiger partial charge < -0.3 is 10.1 Å². The smallest absolute Gasteiger partial charge is 0.338 e. The van der Waals surface area contributed by atoms with Gasteiger partial charge in [0.25, 0.3) is 5.91 Å². The van der Waals surface area contributed by atoms with Gasteiger partial charge >= 0.3 is 5.97 Å². The Morgan fingerprint density at radius 2 is 1.96 bits per heavy atom. The van der Waals surface area contributed by atoms with Gasteiger partial charge in [0, 0.05) is 6.54 Å². The number of esters is 1. The van der Waals surface area contributed by atoms with Crippen LogP contribution in [0.15, 0.2) is 54.9 Å². The third kappa shape index (κ3) is 4.75. The molecule has 1 heterocycles. The summed E-state index contributed by atoms with van der Waals surface area (Å²) in [5.74, 6) is -0.955. The van der Waals surface area contributed by atoms with Crippen LogP contribution < -0.4 is 5.32 Å². The molecule has 0 aliphatic rings. The number of hydrogen-bond acceptors (Lipinski definition) is 6. The molecule has 1 N–H and O–H groups in total. The van der Waals surface area contributed by atoms with Crippen molar-refractivity contribution in [3.05, 3.63) is 71.5 Å². The number of aryl methyl sites for hydroxylation is 1. The van der Waals surface area contributed by atoms with Gasteiger partial charge in [0.2, 0.25) is 0 Å². The lowest BCUT2D eigenvalue weighted by Crippen LogP contribution is -2.35. The van der Waals surface area contributed by atoms with Gasteiger partial charge in [0.05, 0.1) is 11.3 Å². The average molecular weight is 365 g/mol. The normalized spacial score (nSPS) is 11.6. The number of amides is 1. The molecule has 0 saturated heterocycles. The van der Waals surface area contributed by atoms with Gasteiger partial charge in [-0.05, 0) is 48.0 Å². The number of carbonyl (C=O) groups excluding carboxylic acids is 2. The maximum atomic E-state index is 12.3. The maximum Gasteiger partial charge on any atom is 0.338 e. The minimum atomic E-state index is -0.917. The number of ether oxygens (including phenoxy) is 1. The molecule has 3 rings (SSSR count). The Bertz CT molecular complexity index is 923. The van der Waals surface area contributed by atoms with E-state index in [2.05, 4.69) is 20.8 Å². The van der Waals surface area contributed by atoms with Crippen LogP contribution in [-0.4, -0.2) is 38.2 Å². The van der Waals surface area contributed by atoms with Crippen LogP contribution in [0.5, 0.6) is 0 Å². The van der Waals surface area contributed by atoms with Crippen LogP contribution in [0.25, 0.3) is 5.69 Å². The average Bonchev–Trinajstić information content (AvgIpc) is 3.22. The van der Waals surface area contributed by atoms with E-state index < -0.39 is 12.1 Å². The van der Waals surface area contributed by atoms with E-state index in [1.54, 1.807) is 24.3 Å². The third-order valence-corrected chi connectivity index (χ3v) is 3.94. The maximum absolute atomic E-state index is 12.3. The van der Waals surface area contributed by atoms with Gasteiger partial charge in [-0.25, -0.2) is 9.48 Å². The Morgan fingerprint density at radius 1 is 1.19 bits per heavy atom. The molecule has 1 unspecified atom stereocenters. The summed E-state index contributed by atoms with van der Waals surface area (Å²) in [4.78, 5) is 24.5. The summed E-state index contributed by atoms with van der Waals surface area (Å²) in [6, 6.07) is 14.5. The number of nitrogens with zero attached hydrogens (tertiary/aromatic N) is 4. The van der Waals surface area contributed by atoms with Gasteiger partial charge in [-0.15, -0.1) is 5.10 Å². The largest absolute Gasteiger partial charge is 0.449 e. The molecular weight excluding hydrogens is 346 g/mol. The van der Waals surface area contributed by atoms with Gasteiger partial charge in [0.15, 0.2) is 6.10 Å². The monoisotopic (exact) mass is 365 g/mol. The quantitative estimate of drug-likeness (QED) is 0.669. The standard InChI is InChI=1S/C19H19N5O3/c1-13-6-8-15(9-7-13)11-20-18(25)14(2)27-19(26)16-4-3-5-17(10-16)24-12-21-22-23-24/h3-10,12,14H,11H2,1-2H3,(H,20,25). The molecule has 0 spiro atoms. The molecule has 2 aromatic carbocycles. The van der Waals surface area contributed by atoms with Crippen LogP contribution in [0.4, 0.5) is 0 Å². The third-order valence-electron chi connectivity index (χ3n) is 3.94. The lowest BCUT2D eigenvalue weighted by atomic mass is 10.1. The highest BCUT2D eigenvalue weighted by molar-refractivity contribution is 5.92. The molecule has 138 valence electrons. The van der Waals surface area contributed by atoms with Gasteiger partial charge in [-0.1, -0.05) is 35.9 Å². The van der Waals surface area contributed by atoms with Gasteiger partial charge in [-0.2, -0.15) is 0 Å². The number of carbonyl (C=O) groups is 2. The van der Waals surface area contributed by atoms with Crippen molar-refractivity contribution < 1.29 is 14.3 Å². The highest BCUT2D eigenvalue weighted by Crippen LogP contribution is 2.11. The molecule has 1 aromatic heterocycles. The fourth-order valence-electron chi connectivity index (χ4n) is 2.38. The summed E-state index contributed by atoms with van der Waals surface area (Å²) in [5, 5.41) is 13.7. The van der Waals surface area contributed by atoms with E-state index in [4.69, 9.17) is 4.74 Å². The molecule has 3 aromatic rings. The fourth-order valence-corrected chi connectivity index (χ4v) is 2.38. The molecule has 0 aliphatic carbocycles. The van der Waals surface area contributed by atoms with E-state index in [0.29, 0.717) is 17.8 Å². The van der Waals surface area contributed by atoms with Crippen LogP contribution in [-0.2, 0) is 16.1 Å². The number of aromatic nitrogens is 4. The Kier molecular flexibility index (Phi) is 5.55. The highest BCUT2D eigenvalue weighted by Gasteiger charge is 2.19. The zero-order valence-corrected chi connectivity index (χ0v) is 15.0. The van der Waals surface area contributed by atoms with Crippen molar-refractivity contribution in [2.24, 2.45) is 0 Å². The zero-order chi connectivity index (χ0) is 19.2. The second-order valence-electron chi connectivity index (χ2n) is 6.06. The van der Waals surface area contributed by atoms with Gasteiger partial charge in [-0.3, -0.25) is 4.79 Å². The first kappa shape index (κ1) is 18.2. The molecular formula is C19H19N5O3. The SMILES string of the molecule is Cc1ccc(CNC(=O)C(C)OC(=O)c2cccc(-n3cnnn3)c2)cc1. The number of nitrogens with one attached hydrogen (secondary N) is 1. The summed E-state index contributed by atoms with van der Waals surface area (Å²) >= 11 is 0. The van der Waals surface area contributed by atoms with Crippen molar-refractivity contribution in [2.75, 3.05) is 0 Å². The van der Waals surface area contributed by atoms with Crippen LogP contribution in [0, 0.1) is 6.92 Å². The van der Waals surface area contributed by atoms with Crippen molar-refractivity contribution >= 4 is 11.9 Å². The minimum absolute atomic E-state index is 0.307. The summed E-state index contributed by atoms with van der Waals surface area (Å²) in [6.45, 7) is 3.90. The Morgan fingerprint density at radius 3 is 2.67 bits per heavy atom. The molecule has 1 atom stereocenters. The van der Waals surface area contributed by atoms with Crippen molar-refractivity contribution in [1.29, 1.82) is 0 Å². The fraction of sp³-hybridized carbons (Fsp3) is 0.211. The topological polar surface area (TPSA) is 99.0 Å². The first-order chi connectivity index (χ1) is 13.0. The van der Waals surface area contributed by atoms with Crippen molar-refractivity contribution in [2.45, 2.75) is 26.5 Å². The summed E-state index contributed by atoms with van der Waals surface area (Å²) in [5.41, 5.74) is 3.05. The van der Waals surface area contributed by atoms with Crippen molar-refractivity contribution in [3.8, 4) is 5.69 Å². The summed E-state index contributed by atoms with van der Waals surface area (Å²) < 4.78 is 6.69. The Hall–Kier alpha value is -3.55. The highest BCUT2D eigenvalue weighted by atomic mass is 16.5. The van der Waals surface area contributed by atoms with E-state index in [0.717, 1.165) is 11.1 Å². The second kappa shape index (κ2) is 8.22. The molecule has 27 heavy (non-hydrogen) atoms. The second-order valence-corrected chi connectivity index (χ2v) is 6.06. The van der Waals surface area contributed by atoms with Crippen molar-refractivity contribution in [3.63, 3.8) is 0 Å². The molecule has 0 fully saturated rings. The number of tetrazole rings is 1. The minimum Gasteiger partial charge on any atom is -0.449 e. The Balaban J connectivity index is 1.57. The van der Waals surface area contributed by atoms with E-state index in [9.17, 15) is 9.59 Å². The molecule has 0 bridgehead atoms. The first-order valence-corrected chi connectivity index (χ1v) is 8.40. The van der Waals surface area contributed by atoms with Crippen LogP contribution in [0.2, 0.25) is 0 Å². The zero-order valence-electron chi connectivity index (χ0n) is 15.0. The lowest BCUT2D eigenvalue weighted by Gasteiger charge is -2.14. The predicted molar refractivity (Wildman–Crippen MR) is 97.1 cm³/mol. The van der Waals surface area contributed by atoms with E-state index in [1.165, 1.54) is 17.9 Å². The predicted octanol–water partition coefficient (Wildman–Crippen LogP) is 1.83. The lowest BCUT2D eigenvalue weighted by molar-refractivity contribution is -0.129. The number of hydrogen-bond donors (Lipinski definition) is 1. The van der Waals surface area contributed by atoms with E-state index in [-0.39, 0.29) is 5.91 Å². The van der Waals surface area contributed by atoms with Crippen LogP contribution >= 0.6 is 0 Å². The van der Waals surface area contributed by atoms with Gasteiger partial charge in [0.1, 0.15) is 6.33 Å². The van der Waals surface area contributed by atoms with E-state index >= 15 is 0 Å². The molecule has 1 amide bonds. The summed E-state index contributed by atoms with van der Waals surface area (Å²) in [6.07, 6.45) is 0.505. The van der Waals surface area contributed by atoms with Crippen LogP contribution in [0.1, 0.15) is 28.4 Å². The molecule has 0 saturated carbocycles. The first-order valence-electron chi connectivity index (χ1n) is 8.40. The molecule has 8 nitrogen and oxygen atoms in total. The van der Waals surface area contributed by atoms with E-state index in [1.807, 2.05) is 31.2 Å². The molecule has 0 aliphatic heterocycles. The summed E-state index contributed by atoms with van der Waals surface area (Å²) in [7, 11) is 0. The molecule has 0 radical (unpaired) electrons. The van der Waals surface area contributed by atoms with Crippen molar-refractivity contribution in [1.82, 2.24) is 25.5 Å². The number of benzene rings is 2.